The Labute approximate surface area is 160 Å². The van der Waals surface area contributed by atoms with Gasteiger partial charge in [-0.05, 0) is 47.5 Å². The van der Waals surface area contributed by atoms with E-state index in [0.29, 0.717) is 12.2 Å². The molecule has 0 radical (unpaired) electrons. The summed E-state index contributed by atoms with van der Waals surface area (Å²) in [6.07, 6.45) is 1.59. The molecule has 0 spiro atoms. The molecular weight excluding hydrogens is 392 g/mol. The van der Waals surface area contributed by atoms with E-state index in [4.69, 9.17) is 4.74 Å². The molecule has 0 saturated carbocycles. The molecule has 0 aliphatic heterocycles. The van der Waals surface area contributed by atoms with E-state index in [-0.39, 0.29) is 5.91 Å². The third-order valence-corrected chi connectivity index (χ3v) is 4.06. The zero-order valence-corrected chi connectivity index (χ0v) is 15.5. The zero-order valence-electron chi connectivity index (χ0n) is 13.9. The molecule has 26 heavy (non-hydrogen) atoms. The number of hydrogen-bond acceptors (Lipinski definition) is 3. The Balaban J connectivity index is 1.57. The lowest BCUT2D eigenvalue weighted by molar-refractivity contribution is 0.0955. The van der Waals surface area contributed by atoms with Crippen molar-refractivity contribution in [2.24, 2.45) is 5.10 Å². The minimum Gasteiger partial charge on any atom is -0.489 e. The predicted octanol–water partition coefficient (Wildman–Crippen LogP) is 4.79. The van der Waals surface area contributed by atoms with Crippen LogP contribution in [-0.4, -0.2) is 12.1 Å². The lowest BCUT2D eigenvalue weighted by Gasteiger charge is -2.07. The van der Waals surface area contributed by atoms with Crippen LogP contribution in [-0.2, 0) is 6.61 Å². The van der Waals surface area contributed by atoms with Crippen LogP contribution >= 0.6 is 15.9 Å². The Morgan fingerprint density at radius 3 is 2.62 bits per heavy atom. The minimum atomic E-state index is -0.246. The summed E-state index contributed by atoms with van der Waals surface area (Å²) >= 11 is 3.45. The van der Waals surface area contributed by atoms with Crippen LogP contribution in [0, 0.1) is 0 Å². The molecule has 0 aliphatic carbocycles. The van der Waals surface area contributed by atoms with Gasteiger partial charge in [0.05, 0.1) is 6.21 Å². The number of halogens is 1. The molecule has 0 atom stereocenters. The number of ether oxygens (including phenoxy) is 1. The van der Waals surface area contributed by atoms with E-state index in [1.165, 1.54) is 0 Å². The molecular formula is C21H17BrN2O2. The van der Waals surface area contributed by atoms with Crippen molar-refractivity contribution < 1.29 is 9.53 Å². The van der Waals surface area contributed by atoms with Gasteiger partial charge >= 0.3 is 0 Å². The first kappa shape index (κ1) is 17.9. The van der Waals surface area contributed by atoms with Crippen molar-refractivity contribution in [3.63, 3.8) is 0 Å². The minimum absolute atomic E-state index is 0.246. The van der Waals surface area contributed by atoms with Gasteiger partial charge in [-0.2, -0.15) is 5.10 Å². The van der Waals surface area contributed by atoms with Gasteiger partial charge in [0.15, 0.2) is 0 Å². The van der Waals surface area contributed by atoms with Crippen molar-refractivity contribution in [1.29, 1.82) is 0 Å². The number of hydrazone groups is 1. The van der Waals surface area contributed by atoms with E-state index in [9.17, 15) is 4.79 Å². The highest BCUT2D eigenvalue weighted by atomic mass is 79.9. The van der Waals surface area contributed by atoms with Gasteiger partial charge in [-0.1, -0.05) is 58.4 Å². The van der Waals surface area contributed by atoms with Crippen LogP contribution in [0.4, 0.5) is 0 Å². The van der Waals surface area contributed by atoms with Crippen LogP contribution in [0.5, 0.6) is 5.75 Å². The molecule has 0 aromatic heterocycles. The van der Waals surface area contributed by atoms with E-state index >= 15 is 0 Å². The van der Waals surface area contributed by atoms with E-state index in [1.54, 1.807) is 18.3 Å². The molecule has 0 saturated heterocycles. The summed E-state index contributed by atoms with van der Waals surface area (Å²) in [7, 11) is 0. The molecule has 3 aromatic carbocycles. The lowest BCUT2D eigenvalue weighted by atomic mass is 10.2. The highest BCUT2D eigenvalue weighted by Gasteiger charge is 2.02. The topological polar surface area (TPSA) is 50.7 Å². The Morgan fingerprint density at radius 2 is 1.81 bits per heavy atom. The number of carbonyl (C=O) groups is 1. The van der Waals surface area contributed by atoms with E-state index in [0.717, 1.165) is 21.3 Å². The third-order valence-electron chi connectivity index (χ3n) is 3.57. The Hall–Kier alpha value is -2.92. The normalized spacial score (nSPS) is 10.7. The summed E-state index contributed by atoms with van der Waals surface area (Å²) in [5.41, 5.74) is 5.00. The van der Waals surface area contributed by atoms with E-state index < -0.39 is 0 Å². The second kappa shape index (κ2) is 8.97. The molecule has 0 bridgehead atoms. The second-order valence-corrected chi connectivity index (χ2v) is 6.47. The van der Waals surface area contributed by atoms with Gasteiger partial charge in [-0.15, -0.1) is 0 Å². The first-order chi connectivity index (χ1) is 12.7. The number of rotatable bonds is 6. The molecule has 1 N–H and O–H groups in total. The van der Waals surface area contributed by atoms with E-state index in [1.807, 2.05) is 66.7 Å². The SMILES string of the molecule is O=C(NN=Cc1cccc(OCc2cccc(Br)c2)c1)c1ccccc1. The maximum atomic E-state index is 11.9. The van der Waals surface area contributed by atoms with Crippen LogP contribution in [0.15, 0.2) is 88.4 Å². The molecule has 3 rings (SSSR count). The maximum Gasteiger partial charge on any atom is 0.271 e. The quantitative estimate of drug-likeness (QED) is 0.470. The van der Waals surface area contributed by atoms with Gasteiger partial charge in [0.1, 0.15) is 12.4 Å². The van der Waals surface area contributed by atoms with Gasteiger partial charge in [0.25, 0.3) is 5.91 Å². The van der Waals surface area contributed by atoms with Gasteiger partial charge in [0, 0.05) is 10.0 Å². The third kappa shape index (κ3) is 5.29. The molecule has 130 valence electrons. The van der Waals surface area contributed by atoms with Crippen molar-refractivity contribution in [3.8, 4) is 5.75 Å². The molecule has 4 nitrogen and oxygen atoms in total. The number of benzene rings is 3. The molecule has 0 aliphatic rings. The average Bonchev–Trinajstić information content (AvgIpc) is 2.67. The van der Waals surface area contributed by atoms with E-state index in [2.05, 4.69) is 26.5 Å². The van der Waals surface area contributed by atoms with Crippen molar-refractivity contribution in [2.75, 3.05) is 0 Å². The van der Waals surface area contributed by atoms with Crippen LogP contribution in [0.3, 0.4) is 0 Å². The van der Waals surface area contributed by atoms with Gasteiger partial charge in [-0.25, -0.2) is 5.43 Å². The standard InChI is InChI=1S/C21H17BrN2O2/c22-19-10-4-7-17(12-19)15-26-20-11-5-6-16(13-20)14-23-24-21(25)18-8-2-1-3-9-18/h1-14H,15H2,(H,24,25). The highest BCUT2D eigenvalue weighted by molar-refractivity contribution is 9.10. The average molecular weight is 409 g/mol. The van der Waals surface area contributed by atoms with Gasteiger partial charge in [0.2, 0.25) is 0 Å². The molecule has 5 heteroatoms. The van der Waals surface area contributed by atoms with Crippen LogP contribution in [0.25, 0.3) is 0 Å². The fraction of sp³-hybridized carbons (Fsp3) is 0.0476. The summed E-state index contributed by atoms with van der Waals surface area (Å²) in [5, 5.41) is 4.00. The molecule has 0 heterocycles. The number of amides is 1. The van der Waals surface area contributed by atoms with Crippen LogP contribution in [0.2, 0.25) is 0 Å². The number of nitrogens with one attached hydrogen (secondary N) is 1. The maximum absolute atomic E-state index is 11.9. The predicted molar refractivity (Wildman–Crippen MR) is 106 cm³/mol. The summed E-state index contributed by atoms with van der Waals surface area (Å²) in [6, 6.07) is 24.5. The number of carbonyl (C=O) groups excluding carboxylic acids is 1. The van der Waals surface area contributed by atoms with Crippen LogP contribution in [0.1, 0.15) is 21.5 Å². The summed E-state index contributed by atoms with van der Waals surface area (Å²) in [5.74, 6) is 0.493. The smallest absolute Gasteiger partial charge is 0.271 e. The molecule has 0 fully saturated rings. The summed E-state index contributed by atoms with van der Waals surface area (Å²) in [6.45, 7) is 0.477. The lowest BCUT2D eigenvalue weighted by Crippen LogP contribution is -2.17. The fourth-order valence-corrected chi connectivity index (χ4v) is 2.74. The Morgan fingerprint density at radius 1 is 1.00 bits per heavy atom. The largest absolute Gasteiger partial charge is 0.489 e. The highest BCUT2D eigenvalue weighted by Crippen LogP contribution is 2.16. The molecule has 1 amide bonds. The van der Waals surface area contributed by atoms with Crippen molar-refractivity contribution >= 4 is 28.1 Å². The second-order valence-electron chi connectivity index (χ2n) is 5.56. The zero-order chi connectivity index (χ0) is 18.2. The van der Waals surface area contributed by atoms with Gasteiger partial charge < -0.3 is 4.74 Å². The fourth-order valence-electron chi connectivity index (χ4n) is 2.30. The number of hydrogen-bond donors (Lipinski definition) is 1. The van der Waals surface area contributed by atoms with Crippen LogP contribution < -0.4 is 10.2 Å². The number of nitrogens with zero attached hydrogens (tertiary/aromatic N) is 1. The monoisotopic (exact) mass is 408 g/mol. The first-order valence-electron chi connectivity index (χ1n) is 8.06. The molecule has 0 unspecified atom stereocenters. The van der Waals surface area contributed by atoms with Crippen molar-refractivity contribution in [1.82, 2.24) is 5.43 Å². The van der Waals surface area contributed by atoms with Gasteiger partial charge in [-0.3, -0.25) is 4.79 Å². The first-order valence-corrected chi connectivity index (χ1v) is 8.86. The Bertz CT molecular complexity index is 911. The summed E-state index contributed by atoms with van der Waals surface area (Å²) < 4.78 is 6.84. The summed E-state index contributed by atoms with van der Waals surface area (Å²) in [4.78, 5) is 11.9. The Kier molecular flexibility index (Phi) is 6.17. The van der Waals surface area contributed by atoms with Crippen molar-refractivity contribution in [2.45, 2.75) is 6.61 Å². The molecule has 3 aromatic rings. The van der Waals surface area contributed by atoms with Crippen molar-refractivity contribution in [3.05, 3.63) is 100 Å².